The van der Waals surface area contributed by atoms with Crippen LogP contribution in [0.2, 0.25) is 0 Å². The highest BCUT2D eigenvalue weighted by atomic mass is 16.6. The minimum Gasteiger partial charge on any atom is -0.478 e. The Morgan fingerprint density at radius 1 is 1.29 bits per heavy atom. The molecule has 1 aromatic carbocycles. The second-order valence-electron chi connectivity index (χ2n) is 6.38. The Hall–Kier alpha value is -2.32. The number of rotatable bonds is 6. The zero-order valence-corrected chi connectivity index (χ0v) is 13.9. The number of carbonyl (C=O) groups excluding carboxylic acids is 1. The van der Waals surface area contributed by atoms with Gasteiger partial charge in [-0.1, -0.05) is 6.07 Å². The number of hydrogen-bond donors (Lipinski definition) is 5. The van der Waals surface area contributed by atoms with E-state index in [1.54, 1.807) is 20.8 Å². The number of nitrogen functional groups attached to an aromatic ring is 1. The summed E-state index contributed by atoms with van der Waals surface area (Å²) in [5, 5.41) is 31.5. The fourth-order valence-electron chi connectivity index (χ4n) is 1.98. The highest BCUT2D eigenvalue weighted by Crippen LogP contribution is 2.25. The quantitative estimate of drug-likeness (QED) is 0.491. The summed E-state index contributed by atoms with van der Waals surface area (Å²) in [5.74, 6) is -1.13. The molecule has 8 heteroatoms. The van der Waals surface area contributed by atoms with E-state index in [1.807, 2.05) is 0 Å². The average molecular weight is 340 g/mol. The van der Waals surface area contributed by atoms with Gasteiger partial charge < -0.3 is 31.1 Å². The Bertz CT molecular complexity index is 597. The van der Waals surface area contributed by atoms with Crippen LogP contribution in [-0.4, -0.2) is 45.6 Å². The minimum absolute atomic E-state index is 0.00969. The van der Waals surface area contributed by atoms with Crippen molar-refractivity contribution < 1.29 is 29.6 Å². The van der Waals surface area contributed by atoms with Crippen LogP contribution in [0.25, 0.3) is 0 Å². The number of carboxylic acids is 1. The van der Waals surface area contributed by atoms with Crippen molar-refractivity contribution in [1.29, 1.82) is 0 Å². The van der Waals surface area contributed by atoms with E-state index in [1.165, 1.54) is 18.2 Å². The lowest BCUT2D eigenvalue weighted by molar-refractivity contribution is 0.0127. The number of nitrogens with two attached hydrogens (primary N) is 1. The highest BCUT2D eigenvalue weighted by molar-refractivity contribution is 5.89. The molecule has 0 bridgehead atoms. The number of ether oxygens (including phenoxy) is 1. The molecule has 0 aliphatic heterocycles. The molecule has 8 nitrogen and oxygen atoms in total. The molecule has 0 aliphatic rings. The van der Waals surface area contributed by atoms with E-state index in [4.69, 9.17) is 15.6 Å². The van der Waals surface area contributed by atoms with Crippen LogP contribution in [0.5, 0.6) is 0 Å². The molecule has 134 valence electrons. The van der Waals surface area contributed by atoms with Gasteiger partial charge in [0.15, 0.2) is 0 Å². The van der Waals surface area contributed by atoms with Crippen LogP contribution in [0.1, 0.15) is 49.2 Å². The number of aliphatic hydroxyl groups excluding tert-OH is 2. The molecule has 24 heavy (non-hydrogen) atoms. The molecule has 0 spiro atoms. The van der Waals surface area contributed by atoms with Crippen LogP contribution in [0.4, 0.5) is 10.5 Å². The van der Waals surface area contributed by atoms with Crippen molar-refractivity contribution in [3.8, 4) is 0 Å². The van der Waals surface area contributed by atoms with Gasteiger partial charge in [-0.2, -0.15) is 0 Å². The van der Waals surface area contributed by atoms with Crippen LogP contribution in [0.15, 0.2) is 18.2 Å². The maximum atomic E-state index is 11.5. The number of aliphatic hydroxyl groups is 2. The van der Waals surface area contributed by atoms with Gasteiger partial charge in [-0.25, -0.2) is 9.59 Å². The van der Waals surface area contributed by atoms with Gasteiger partial charge in [-0.05, 0) is 39.3 Å². The Kier molecular flexibility index (Phi) is 6.56. The molecule has 0 heterocycles. The summed E-state index contributed by atoms with van der Waals surface area (Å²) in [6.07, 6.45) is -3.03. The monoisotopic (exact) mass is 340 g/mol. The van der Waals surface area contributed by atoms with Crippen LogP contribution in [0.3, 0.4) is 0 Å². The first-order valence-electron chi connectivity index (χ1n) is 7.47. The standard InChI is InChI=1S/C16H24N2O6/c1-16(2,3)24-15(23)18-7-6-12(19)13(20)10-5-4-9(14(21)22)8-11(10)17/h4-5,8,12-13,19-20H,6-7,17H2,1-3H3,(H,18,23)(H,21,22). The van der Waals surface area contributed by atoms with Crippen molar-refractivity contribution in [2.24, 2.45) is 0 Å². The smallest absolute Gasteiger partial charge is 0.407 e. The van der Waals surface area contributed by atoms with Gasteiger partial charge in [0.1, 0.15) is 11.7 Å². The lowest BCUT2D eigenvalue weighted by Crippen LogP contribution is -2.34. The second-order valence-corrected chi connectivity index (χ2v) is 6.38. The first-order valence-corrected chi connectivity index (χ1v) is 7.47. The number of benzene rings is 1. The summed E-state index contributed by atoms with van der Waals surface area (Å²) in [5.41, 5.74) is 5.39. The van der Waals surface area contributed by atoms with Crippen LogP contribution in [-0.2, 0) is 4.74 Å². The summed E-state index contributed by atoms with van der Waals surface area (Å²) >= 11 is 0. The normalized spacial score (nSPS) is 13.9. The SMILES string of the molecule is CC(C)(C)OC(=O)NCCC(O)C(O)c1ccc(C(=O)O)cc1N. The molecule has 0 radical (unpaired) electrons. The van der Waals surface area contributed by atoms with Crippen molar-refractivity contribution in [3.05, 3.63) is 29.3 Å². The lowest BCUT2D eigenvalue weighted by Gasteiger charge is -2.22. The molecule has 1 amide bonds. The van der Waals surface area contributed by atoms with Crippen molar-refractivity contribution in [3.63, 3.8) is 0 Å². The zero-order chi connectivity index (χ0) is 18.5. The van der Waals surface area contributed by atoms with Gasteiger partial charge >= 0.3 is 12.1 Å². The zero-order valence-electron chi connectivity index (χ0n) is 13.9. The number of aromatic carboxylic acids is 1. The summed E-state index contributed by atoms with van der Waals surface area (Å²) < 4.78 is 5.05. The van der Waals surface area contributed by atoms with Crippen molar-refractivity contribution >= 4 is 17.7 Å². The maximum Gasteiger partial charge on any atom is 0.407 e. The summed E-state index contributed by atoms with van der Waals surface area (Å²) in [7, 11) is 0. The predicted octanol–water partition coefficient (Wildman–Crippen LogP) is 1.28. The molecule has 0 aliphatic carbocycles. The summed E-state index contributed by atoms with van der Waals surface area (Å²) in [4.78, 5) is 22.3. The Balaban J connectivity index is 2.57. The fourth-order valence-corrected chi connectivity index (χ4v) is 1.98. The van der Waals surface area contributed by atoms with E-state index >= 15 is 0 Å². The summed E-state index contributed by atoms with van der Waals surface area (Å²) in [6.45, 7) is 5.29. The largest absolute Gasteiger partial charge is 0.478 e. The van der Waals surface area contributed by atoms with Crippen LogP contribution >= 0.6 is 0 Å². The van der Waals surface area contributed by atoms with E-state index in [9.17, 15) is 19.8 Å². The molecule has 1 rings (SSSR count). The molecule has 0 aromatic heterocycles. The van der Waals surface area contributed by atoms with E-state index in [0.29, 0.717) is 0 Å². The van der Waals surface area contributed by atoms with Crippen LogP contribution < -0.4 is 11.1 Å². The lowest BCUT2D eigenvalue weighted by atomic mass is 9.99. The Morgan fingerprint density at radius 3 is 2.42 bits per heavy atom. The maximum absolute atomic E-state index is 11.5. The second kappa shape index (κ2) is 7.98. The molecular formula is C16H24N2O6. The molecule has 2 atom stereocenters. The number of carboxylic acid groups (broad SMARTS) is 1. The Morgan fingerprint density at radius 2 is 1.92 bits per heavy atom. The topological polar surface area (TPSA) is 142 Å². The van der Waals surface area contributed by atoms with E-state index in [2.05, 4.69) is 5.32 Å². The van der Waals surface area contributed by atoms with Crippen molar-refractivity contribution in [2.75, 3.05) is 12.3 Å². The molecule has 0 saturated carbocycles. The van der Waals surface area contributed by atoms with Gasteiger partial charge in [0.05, 0.1) is 11.7 Å². The third kappa shape index (κ3) is 6.05. The van der Waals surface area contributed by atoms with E-state index < -0.39 is 29.9 Å². The fraction of sp³-hybridized carbons (Fsp3) is 0.500. The number of alkyl carbamates (subject to hydrolysis) is 1. The predicted molar refractivity (Wildman–Crippen MR) is 87.6 cm³/mol. The van der Waals surface area contributed by atoms with E-state index in [-0.39, 0.29) is 29.8 Å². The first kappa shape index (κ1) is 19.7. The molecule has 0 fully saturated rings. The van der Waals surface area contributed by atoms with Crippen molar-refractivity contribution in [1.82, 2.24) is 5.32 Å². The highest BCUT2D eigenvalue weighted by Gasteiger charge is 2.22. The van der Waals surface area contributed by atoms with Gasteiger partial charge in [0.2, 0.25) is 0 Å². The number of carbonyl (C=O) groups is 2. The summed E-state index contributed by atoms with van der Waals surface area (Å²) in [6, 6.07) is 3.86. The minimum atomic E-state index is -1.30. The van der Waals surface area contributed by atoms with Gasteiger partial charge in [-0.3, -0.25) is 0 Å². The number of hydrogen-bond acceptors (Lipinski definition) is 6. The molecular weight excluding hydrogens is 316 g/mol. The van der Waals surface area contributed by atoms with Crippen LogP contribution in [0, 0.1) is 0 Å². The number of amides is 1. The Labute approximate surface area is 140 Å². The molecule has 6 N–H and O–H groups in total. The molecule has 2 unspecified atom stereocenters. The third-order valence-corrected chi connectivity index (χ3v) is 3.13. The van der Waals surface area contributed by atoms with E-state index in [0.717, 1.165) is 0 Å². The van der Waals surface area contributed by atoms with Gasteiger partial charge in [-0.15, -0.1) is 0 Å². The van der Waals surface area contributed by atoms with Gasteiger partial charge in [0.25, 0.3) is 0 Å². The molecule has 0 saturated heterocycles. The number of nitrogens with one attached hydrogen (secondary N) is 1. The molecule has 1 aromatic rings. The third-order valence-electron chi connectivity index (χ3n) is 3.13. The number of anilines is 1. The van der Waals surface area contributed by atoms with Gasteiger partial charge in [0, 0.05) is 17.8 Å². The van der Waals surface area contributed by atoms with Crippen molar-refractivity contribution in [2.45, 2.75) is 45.0 Å². The first-order chi connectivity index (χ1) is 11.0. The average Bonchev–Trinajstić information content (AvgIpc) is 2.44.